The number of hydrogen-bond acceptors (Lipinski definition) is 4. The molecule has 2 heterocycles. The van der Waals surface area contributed by atoms with Crippen LogP contribution in [-0.4, -0.2) is 19.1 Å². The summed E-state index contributed by atoms with van der Waals surface area (Å²) in [6.07, 6.45) is 1.33. The zero-order valence-corrected chi connectivity index (χ0v) is 14.2. The molecule has 2 aromatic carbocycles. The number of halogens is 4. The Morgan fingerprint density at radius 1 is 0.964 bits per heavy atom. The highest BCUT2D eigenvalue weighted by Gasteiger charge is 2.21. The van der Waals surface area contributed by atoms with E-state index in [9.17, 15) is 22.4 Å². The third-order valence-electron chi connectivity index (χ3n) is 3.95. The molecule has 10 heteroatoms. The van der Waals surface area contributed by atoms with Crippen LogP contribution in [0.15, 0.2) is 47.5 Å². The second-order valence-corrected chi connectivity index (χ2v) is 5.84. The Kier molecular flexibility index (Phi) is 4.10. The Bertz CT molecular complexity index is 1240. The minimum absolute atomic E-state index is 0.0285. The van der Waals surface area contributed by atoms with Crippen LogP contribution in [0.2, 0.25) is 0 Å². The van der Waals surface area contributed by atoms with Gasteiger partial charge in [0.05, 0.1) is 12.0 Å². The smallest absolute Gasteiger partial charge is 0.311 e. The number of ether oxygens (including phenoxy) is 1. The van der Waals surface area contributed by atoms with Gasteiger partial charge in [-0.2, -0.15) is 4.98 Å². The number of benzene rings is 2. The number of nitrogens with zero attached hydrogens (tertiary/aromatic N) is 4. The number of aromatic nitrogens is 4. The zero-order valence-electron chi connectivity index (χ0n) is 14.2. The maximum absolute atomic E-state index is 14.0. The highest BCUT2D eigenvalue weighted by atomic mass is 19.1. The Hall–Kier alpha value is -3.69. The molecular weight excluding hydrogens is 380 g/mol. The van der Waals surface area contributed by atoms with Crippen molar-refractivity contribution in [1.82, 2.24) is 19.1 Å². The summed E-state index contributed by atoms with van der Waals surface area (Å²) < 4.78 is 62.0. The third-order valence-corrected chi connectivity index (χ3v) is 3.95. The van der Waals surface area contributed by atoms with E-state index in [0.29, 0.717) is 12.1 Å². The maximum Gasteiger partial charge on any atom is 0.311 e. The normalized spacial score (nSPS) is 11.2. The lowest BCUT2D eigenvalue weighted by Gasteiger charge is -2.14. The van der Waals surface area contributed by atoms with Crippen molar-refractivity contribution in [3.63, 3.8) is 0 Å². The molecule has 0 atom stereocenters. The van der Waals surface area contributed by atoms with Crippen LogP contribution in [0.25, 0.3) is 16.9 Å². The van der Waals surface area contributed by atoms with E-state index >= 15 is 0 Å². The van der Waals surface area contributed by atoms with Crippen LogP contribution in [0.5, 0.6) is 11.8 Å². The largest absolute Gasteiger partial charge is 0.419 e. The van der Waals surface area contributed by atoms with Gasteiger partial charge in [-0.3, -0.25) is 4.79 Å². The van der Waals surface area contributed by atoms with E-state index in [1.54, 1.807) is 7.05 Å². The molecule has 0 aliphatic heterocycles. The minimum atomic E-state index is -1.32. The number of rotatable bonds is 3. The van der Waals surface area contributed by atoms with Gasteiger partial charge in [-0.05, 0) is 24.3 Å². The van der Waals surface area contributed by atoms with Crippen LogP contribution in [0.4, 0.5) is 17.6 Å². The number of aryl methyl sites for hydroxylation is 1. The fourth-order valence-electron chi connectivity index (χ4n) is 2.64. The van der Waals surface area contributed by atoms with Gasteiger partial charge in [-0.15, -0.1) is 0 Å². The van der Waals surface area contributed by atoms with E-state index in [1.165, 1.54) is 23.0 Å². The van der Waals surface area contributed by atoms with Gasteiger partial charge in [-0.25, -0.2) is 27.1 Å². The maximum atomic E-state index is 14.0. The van der Waals surface area contributed by atoms with E-state index in [1.807, 2.05) is 0 Å². The molecule has 142 valence electrons. The van der Waals surface area contributed by atoms with Crippen molar-refractivity contribution < 1.29 is 22.3 Å². The molecule has 6 nitrogen and oxygen atoms in total. The van der Waals surface area contributed by atoms with E-state index < -0.39 is 40.6 Å². The number of imidazole rings is 1. The Morgan fingerprint density at radius 3 is 2.25 bits per heavy atom. The van der Waals surface area contributed by atoms with Gasteiger partial charge >= 0.3 is 6.01 Å². The van der Waals surface area contributed by atoms with Gasteiger partial charge in [0, 0.05) is 19.2 Å². The van der Waals surface area contributed by atoms with Gasteiger partial charge in [0.15, 0.2) is 22.8 Å². The zero-order chi connectivity index (χ0) is 20.0. The first-order valence-corrected chi connectivity index (χ1v) is 7.87. The minimum Gasteiger partial charge on any atom is -0.419 e. The lowest BCUT2D eigenvalue weighted by Crippen LogP contribution is -2.22. The molecule has 4 rings (SSSR count). The standard InChI is InChI=1S/C18H10F4N4O2/c1-25-8-23-14-16(25)24-18(28-15-12(21)6-10(20)7-13(15)22)26(17(14)27)11-4-2-9(19)3-5-11/h2-8H,1H3. The fourth-order valence-corrected chi connectivity index (χ4v) is 2.64. The molecule has 0 bridgehead atoms. The first-order valence-electron chi connectivity index (χ1n) is 7.87. The predicted octanol–water partition coefficient (Wildman–Crippen LogP) is 3.47. The van der Waals surface area contributed by atoms with Crippen molar-refractivity contribution in [2.45, 2.75) is 0 Å². The van der Waals surface area contributed by atoms with E-state index in [0.717, 1.165) is 16.7 Å². The van der Waals surface area contributed by atoms with Gasteiger partial charge in [0.25, 0.3) is 5.56 Å². The van der Waals surface area contributed by atoms with E-state index in [4.69, 9.17) is 4.74 Å². The van der Waals surface area contributed by atoms with Crippen molar-refractivity contribution in [3.8, 4) is 17.4 Å². The van der Waals surface area contributed by atoms with Gasteiger partial charge in [0.1, 0.15) is 11.6 Å². The van der Waals surface area contributed by atoms with Crippen molar-refractivity contribution >= 4 is 11.2 Å². The SMILES string of the molecule is Cn1cnc2c(=O)n(-c3ccc(F)cc3)c(Oc3c(F)cc(F)cc3F)nc21. The molecule has 0 N–H and O–H groups in total. The van der Waals surface area contributed by atoms with E-state index in [-0.39, 0.29) is 16.9 Å². The monoisotopic (exact) mass is 390 g/mol. The highest BCUT2D eigenvalue weighted by molar-refractivity contribution is 5.70. The molecule has 0 aliphatic rings. The molecule has 0 aliphatic carbocycles. The summed E-state index contributed by atoms with van der Waals surface area (Å²) in [7, 11) is 1.56. The summed E-state index contributed by atoms with van der Waals surface area (Å²) in [6.45, 7) is 0. The van der Waals surface area contributed by atoms with E-state index in [2.05, 4.69) is 9.97 Å². The van der Waals surface area contributed by atoms with Crippen LogP contribution in [0.1, 0.15) is 0 Å². The van der Waals surface area contributed by atoms with Crippen LogP contribution < -0.4 is 10.3 Å². The molecule has 28 heavy (non-hydrogen) atoms. The molecule has 0 saturated heterocycles. The van der Waals surface area contributed by atoms with Gasteiger partial charge in [0.2, 0.25) is 5.75 Å². The molecule has 0 spiro atoms. The topological polar surface area (TPSA) is 61.9 Å². The lowest BCUT2D eigenvalue weighted by atomic mass is 10.3. The Morgan fingerprint density at radius 2 is 1.61 bits per heavy atom. The molecule has 2 aromatic heterocycles. The van der Waals surface area contributed by atoms with Gasteiger partial charge in [-0.1, -0.05) is 0 Å². The fraction of sp³-hybridized carbons (Fsp3) is 0.0556. The predicted molar refractivity (Wildman–Crippen MR) is 90.5 cm³/mol. The van der Waals surface area contributed by atoms with Crippen molar-refractivity contribution in [3.05, 3.63) is 76.3 Å². The quantitative estimate of drug-likeness (QED) is 0.503. The average Bonchev–Trinajstić information content (AvgIpc) is 3.01. The van der Waals surface area contributed by atoms with Crippen molar-refractivity contribution in [2.24, 2.45) is 7.05 Å². The van der Waals surface area contributed by atoms with Gasteiger partial charge < -0.3 is 9.30 Å². The first kappa shape index (κ1) is 17.7. The summed E-state index contributed by atoms with van der Waals surface area (Å²) in [5, 5.41) is 0. The van der Waals surface area contributed by atoms with Crippen molar-refractivity contribution in [2.75, 3.05) is 0 Å². The molecule has 0 radical (unpaired) electrons. The lowest BCUT2D eigenvalue weighted by molar-refractivity contribution is 0.368. The Labute approximate surface area is 154 Å². The molecule has 4 aromatic rings. The molecule has 0 saturated carbocycles. The molecular formula is C18H10F4N4O2. The number of hydrogen-bond donors (Lipinski definition) is 0. The van der Waals surface area contributed by atoms with Crippen LogP contribution in [0, 0.1) is 23.3 Å². The van der Waals surface area contributed by atoms with Crippen LogP contribution in [-0.2, 0) is 7.05 Å². The number of fused-ring (bicyclic) bond motifs is 1. The molecule has 0 fully saturated rings. The first-order chi connectivity index (χ1) is 13.3. The second kappa shape index (κ2) is 6.48. The van der Waals surface area contributed by atoms with Crippen LogP contribution >= 0.6 is 0 Å². The van der Waals surface area contributed by atoms with Crippen LogP contribution in [0.3, 0.4) is 0 Å². The highest BCUT2D eigenvalue weighted by Crippen LogP contribution is 2.29. The summed E-state index contributed by atoms with van der Waals surface area (Å²) in [5.41, 5.74) is -0.500. The summed E-state index contributed by atoms with van der Waals surface area (Å²) in [6, 6.07) is 5.06. The summed E-state index contributed by atoms with van der Waals surface area (Å²) in [4.78, 5) is 21.0. The van der Waals surface area contributed by atoms with Crippen molar-refractivity contribution in [1.29, 1.82) is 0 Å². The molecule has 0 amide bonds. The Balaban J connectivity index is 1.99. The summed E-state index contributed by atoms with van der Waals surface area (Å²) >= 11 is 0. The molecule has 0 unspecified atom stereocenters. The second-order valence-electron chi connectivity index (χ2n) is 5.84. The third kappa shape index (κ3) is 2.88. The summed E-state index contributed by atoms with van der Waals surface area (Å²) in [5.74, 6) is -5.26. The average molecular weight is 390 g/mol.